The van der Waals surface area contributed by atoms with Gasteiger partial charge in [-0.15, -0.1) is 0 Å². The van der Waals surface area contributed by atoms with Gasteiger partial charge in [0, 0.05) is 12.3 Å². The third kappa shape index (κ3) is 2.95. The SMILES string of the molecule is Clc1nccc(Oc2ccc(-c3ccccc3)cc2)n1. The zero-order valence-corrected chi connectivity index (χ0v) is 11.3. The van der Waals surface area contributed by atoms with Gasteiger partial charge in [-0.2, -0.15) is 4.98 Å². The van der Waals surface area contributed by atoms with Crippen molar-refractivity contribution in [2.75, 3.05) is 0 Å². The summed E-state index contributed by atoms with van der Waals surface area (Å²) in [4.78, 5) is 7.79. The monoisotopic (exact) mass is 282 g/mol. The summed E-state index contributed by atoms with van der Waals surface area (Å²) < 4.78 is 5.61. The summed E-state index contributed by atoms with van der Waals surface area (Å²) in [7, 11) is 0. The zero-order valence-electron chi connectivity index (χ0n) is 10.5. The number of ether oxygens (including phenoxy) is 1. The topological polar surface area (TPSA) is 35.0 Å². The van der Waals surface area contributed by atoms with E-state index in [1.807, 2.05) is 42.5 Å². The van der Waals surface area contributed by atoms with Crippen molar-refractivity contribution in [1.82, 2.24) is 9.97 Å². The highest BCUT2D eigenvalue weighted by molar-refractivity contribution is 6.28. The van der Waals surface area contributed by atoms with Crippen molar-refractivity contribution >= 4 is 11.6 Å². The van der Waals surface area contributed by atoms with Gasteiger partial charge in [-0.1, -0.05) is 42.5 Å². The molecule has 0 amide bonds. The predicted molar refractivity (Wildman–Crippen MR) is 79.0 cm³/mol. The average molecular weight is 283 g/mol. The average Bonchev–Trinajstić information content (AvgIpc) is 2.49. The first-order chi connectivity index (χ1) is 9.81. The fourth-order valence-corrected chi connectivity index (χ4v) is 1.98. The van der Waals surface area contributed by atoms with Crippen LogP contribution in [0, 0.1) is 0 Å². The third-order valence-corrected chi connectivity index (χ3v) is 2.97. The van der Waals surface area contributed by atoms with Gasteiger partial charge >= 0.3 is 0 Å². The van der Waals surface area contributed by atoms with E-state index in [0.717, 1.165) is 5.56 Å². The van der Waals surface area contributed by atoms with Gasteiger partial charge in [-0.25, -0.2) is 4.98 Å². The molecule has 0 saturated carbocycles. The molecule has 0 aliphatic heterocycles. The molecule has 1 heterocycles. The largest absolute Gasteiger partial charge is 0.439 e. The van der Waals surface area contributed by atoms with Crippen LogP contribution >= 0.6 is 11.6 Å². The summed E-state index contributed by atoms with van der Waals surface area (Å²) in [5.74, 6) is 1.14. The Morgan fingerprint density at radius 3 is 2.20 bits per heavy atom. The van der Waals surface area contributed by atoms with E-state index in [0.29, 0.717) is 11.6 Å². The van der Waals surface area contributed by atoms with E-state index in [-0.39, 0.29) is 5.28 Å². The van der Waals surface area contributed by atoms with E-state index in [1.165, 1.54) is 5.56 Å². The van der Waals surface area contributed by atoms with E-state index in [1.54, 1.807) is 12.3 Å². The van der Waals surface area contributed by atoms with Crippen LogP contribution in [0.4, 0.5) is 0 Å². The highest BCUT2D eigenvalue weighted by Crippen LogP contribution is 2.24. The quantitative estimate of drug-likeness (QED) is 0.659. The predicted octanol–water partition coefficient (Wildman–Crippen LogP) is 4.59. The molecule has 1 aromatic heterocycles. The minimum absolute atomic E-state index is 0.170. The summed E-state index contributed by atoms with van der Waals surface area (Å²) >= 11 is 5.71. The summed E-state index contributed by atoms with van der Waals surface area (Å²) in [5.41, 5.74) is 2.31. The third-order valence-electron chi connectivity index (χ3n) is 2.78. The van der Waals surface area contributed by atoms with E-state index in [4.69, 9.17) is 16.3 Å². The molecule has 0 bridgehead atoms. The van der Waals surface area contributed by atoms with E-state index in [9.17, 15) is 0 Å². The Labute approximate surface area is 121 Å². The normalized spacial score (nSPS) is 10.2. The second kappa shape index (κ2) is 5.72. The van der Waals surface area contributed by atoms with Crippen molar-refractivity contribution in [3.8, 4) is 22.8 Å². The summed E-state index contributed by atoms with van der Waals surface area (Å²) in [6.45, 7) is 0. The molecule has 0 aliphatic rings. The molecular formula is C16H11ClN2O. The fraction of sp³-hybridized carbons (Fsp3) is 0. The van der Waals surface area contributed by atoms with Crippen molar-refractivity contribution in [2.24, 2.45) is 0 Å². The second-order valence-electron chi connectivity index (χ2n) is 4.16. The van der Waals surface area contributed by atoms with Gasteiger partial charge < -0.3 is 4.74 Å². The Bertz CT molecular complexity index is 699. The van der Waals surface area contributed by atoms with Crippen molar-refractivity contribution in [3.05, 3.63) is 72.1 Å². The van der Waals surface area contributed by atoms with E-state index >= 15 is 0 Å². The highest BCUT2D eigenvalue weighted by atomic mass is 35.5. The smallest absolute Gasteiger partial charge is 0.225 e. The van der Waals surface area contributed by atoms with Crippen LogP contribution in [0.3, 0.4) is 0 Å². The number of hydrogen-bond donors (Lipinski definition) is 0. The maximum Gasteiger partial charge on any atom is 0.225 e. The van der Waals surface area contributed by atoms with Gasteiger partial charge in [0.2, 0.25) is 11.2 Å². The molecule has 3 nitrogen and oxygen atoms in total. The van der Waals surface area contributed by atoms with Crippen molar-refractivity contribution in [2.45, 2.75) is 0 Å². The standard InChI is InChI=1S/C16H11ClN2O/c17-16-18-11-10-15(19-16)20-14-8-6-13(7-9-14)12-4-2-1-3-5-12/h1-11H. The number of nitrogens with zero attached hydrogens (tertiary/aromatic N) is 2. The van der Waals surface area contributed by atoms with Crippen molar-refractivity contribution in [1.29, 1.82) is 0 Å². The molecule has 0 atom stereocenters. The lowest BCUT2D eigenvalue weighted by molar-refractivity contribution is 0.461. The lowest BCUT2D eigenvalue weighted by Crippen LogP contribution is -1.89. The maximum absolute atomic E-state index is 5.71. The first-order valence-corrected chi connectivity index (χ1v) is 6.51. The molecule has 0 unspecified atom stereocenters. The van der Waals surface area contributed by atoms with Crippen LogP contribution in [0.25, 0.3) is 11.1 Å². The van der Waals surface area contributed by atoms with Crippen LogP contribution in [0.5, 0.6) is 11.6 Å². The number of halogens is 1. The molecule has 0 saturated heterocycles. The first-order valence-electron chi connectivity index (χ1n) is 6.13. The van der Waals surface area contributed by atoms with Gasteiger partial charge in [0.15, 0.2) is 0 Å². The molecule has 98 valence electrons. The highest BCUT2D eigenvalue weighted by Gasteiger charge is 2.01. The van der Waals surface area contributed by atoms with Crippen molar-refractivity contribution < 1.29 is 4.74 Å². The molecule has 0 radical (unpaired) electrons. The van der Waals surface area contributed by atoms with Crippen LogP contribution in [-0.4, -0.2) is 9.97 Å². The van der Waals surface area contributed by atoms with Crippen LogP contribution < -0.4 is 4.74 Å². The first kappa shape index (κ1) is 12.6. The molecule has 3 rings (SSSR count). The molecule has 2 aromatic carbocycles. The molecule has 0 N–H and O–H groups in total. The number of rotatable bonds is 3. The minimum Gasteiger partial charge on any atom is -0.439 e. The minimum atomic E-state index is 0.170. The summed E-state index contributed by atoms with van der Waals surface area (Å²) in [6.07, 6.45) is 1.56. The van der Waals surface area contributed by atoms with Gasteiger partial charge in [0.05, 0.1) is 0 Å². The molecule has 0 aliphatic carbocycles. The zero-order chi connectivity index (χ0) is 13.8. The number of benzene rings is 2. The number of aromatic nitrogens is 2. The lowest BCUT2D eigenvalue weighted by atomic mass is 10.1. The number of hydrogen-bond acceptors (Lipinski definition) is 3. The molecule has 0 fully saturated rings. The van der Waals surface area contributed by atoms with Crippen LogP contribution in [0.2, 0.25) is 5.28 Å². The van der Waals surface area contributed by atoms with Gasteiger partial charge in [-0.05, 0) is 34.9 Å². The Morgan fingerprint density at radius 1 is 0.800 bits per heavy atom. The van der Waals surface area contributed by atoms with Crippen LogP contribution in [0.1, 0.15) is 0 Å². The van der Waals surface area contributed by atoms with Gasteiger partial charge in [0.25, 0.3) is 0 Å². The molecule has 4 heteroatoms. The Kier molecular flexibility index (Phi) is 3.61. The Morgan fingerprint density at radius 2 is 1.50 bits per heavy atom. The van der Waals surface area contributed by atoms with Crippen LogP contribution in [0.15, 0.2) is 66.9 Å². The Hall–Kier alpha value is -2.39. The Balaban J connectivity index is 1.80. The molecule has 0 spiro atoms. The molecule has 20 heavy (non-hydrogen) atoms. The summed E-state index contributed by atoms with van der Waals surface area (Å²) in [6, 6.07) is 19.7. The maximum atomic E-state index is 5.71. The summed E-state index contributed by atoms with van der Waals surface area (Å²) in [5, 5.41) is 0.170. The van der Waals surface area contributed by atoms with E-state index in [2.05, 4.69) is 22.1 Å². The van der Waals surface area contributed by atoms with E-state index < -0.39 is 0 Å². The van der Waals surface area contributed by atoms with Gasteiger partial charge in [-0.3, -0.25) is 0 Å². The molecular weight excluding hydrogens is 272 g/mol. The molecule has 3 aromatic rings. The van der Waals surface area contributed by atoms with Crippen LogP contribution in [-0.2, 0) is 0 Å². The fourth-order valence-electron chi connectivity index (χ4n) is 1.84. The lowest BCUT2D eigenvalue weighted by Gasteiger charge is -2.06. The van der Waals surface area contributed by atoms with Gasteiger partial charge in [0.1, 0.15) is 5.75 Å². The van der Waals surface area contributed by atoms with Crippen molar-refractivity contribution in [3.63, 3.8) is 0 Å². The second-order valence-corrected chi connectivity index (χ2v) is 4.49.